The van der Waals surface area contributed by atoms with Gasteiger partial charge in [0.15, 0.2) is 0 Å². The number of hydrogen-bond acceptors (Lipinski definition) is 1. The molecule has 1 heteroatoms. The summed E-state index contributed by atoms with van der Waals surface area (Å²) >= 11 is 0. The van der Waals surface area contributed by atoms with Gasteiger partial charge in [0.05, 0.1) is 13.2 Å². The van der Waals surface area contributed by atoms with Gasteiger partial charge >= 0.3 is 0 Å². The smallest absolute Gasteiger partial charge is 0.0722 e. The Balaban J connectivity index is 2.49. The molecule has 1 aromatic rings. The van der Waals surface area contributed by atoms with Crippen LogP contribution in [0.5, 0.6) is 0 Å². The highest BCUT2D eigenvalue weighted by Gasteiger charge is 2.09. The topological polar surface area (TPSA) is 9.23 Å². The predicted molar refractivity (Wildman–Crippen MR) is 44.5 cm³/mol. The van der Waals surface area contributed by atoms with Crippen molar-refractivity contribution in [2.75, 3.05) is 6.61 Å². The summed E-state index contributed by atoms with van der Waals surface area (Å²) in [5.41, 5.74) is 4.23. The van der Waals surface area contributed by atoms with Gasteiger partial charge in [-0.1, -0.05) is 18.2 Å². The van der Waals surface area contributed by atoms with E-state index in [9.17, 15) is 0 Å². The lowest BCUT2D eigenvalue weighted by Crippen LogP contribution is -2.10. The number of rotatable bonds is 0. The van der Waals surface area contributed by atoms with E-state index in [-0.39, 0.29) is 0 Å². The molecular formula is C10H12O. The third-order valence-electron chi connectivity index (χ3n) is 2.27. The Kier molecular flexibility index (Phi) is 1.66. The van der Waals surface area contributed by atoms with E-state index >= 15 is 0 Å². The fraction of sp³-hybridized carbons (Fsp3) is 0.400. The van der Waals surface area contributed by atoms with Crippen molar-refractivity contribution in [2.45, 2.75) is 20.0 Å². The van der Waals surface area contributed by atoms with Crippen LogP contribution < -0.4 is 0 Å². The molecule has 0 N–H and O–H groups in total. The number of hydrogen-bond donors (Lipinski definition) is 0. The van der Waals surface area contributed by atoms with Crippen LogP contribution in [0, 0.1) is 6.92 Å². The third-order valence-corrected chi connectivity index (χ3v) is 2.27. The van der Waals surface area contributed by atoms with E-state index in [1.54, 1.807) is 0 Å². The van der Waals surface area contributed by atoms with Crippen LogP contribution in [0.15, 0.2) is 18.2 Å². The minimum Gasteiger partial charge on any atom is -0.376 e. The molecular weight excluding hydrogens is 136 g/mol. The van der Waals surface area contributed by atoms with Crippen LogP contribution in [-0.2, 0) is 17.8 Å². The Bertz CT molecular complexity index is 266. The minimum atomic E-state index is 0.808. The molecule has 1 nitrogen and oxygen atoms in total. The average molecular weight is 148 g/mol. The van der Waals surface area contributed by atoms with Gasteiger partial charge in [-0.25, -0.2) is 0 Å². The number of fused-ring (bicyclic) bond motifs is 1. The third kappa shape index (κ3) is 1.16. The highest BCUT2D eigenvalue weighted by atomic mass is 16.5. The van der Waals surface area contributed by atoms with Crippen LogP contribution in [0.3, 0.4) is 0 Å². The van der Waals surface area contributed by atoms with Gasteiger partial charge < -0.3 is 4.74 Å². The molecule has 0 atom stereocenters. The van der Waals surface area contributed by atoms with Gasteiger partial charge in [0.1, 0.15) is 0 Å². The summed E-state index contributed by atoms with van der Waals surface area (Å²) in [5.74, 6) is 0. The number of aryl methyl sites for hydroxylation is 1. The van der Waals surface area contributed by atoms with Gasteiger partial charge in [-0.05, 0) is 30.0 Å². The minimum absolute atomic E-state index is 0.808. The molecule has 0 radical (unpaired) electrons. The van der Waals surface area contributed by atoms with Crippen molar-refractivity contribution in [3.63, 3.8) is 0 Å². The van der Waals surface area contributed by atoms with E-state index < -0.39 is 0 Å². The Hall–Kier alpha value is -0.820. The maximum Gasteiger partial charge on any atom is 0.0722 e. The molecule has 0 unspecified atom stereocenters. The van der Waals surface area contributed by atoms with E-state index in [0.717, 1.165) is 19.6 Å². The van der Waals surface area contributed by atoms with E-state index in [1.807, 2.05) is 0 Å². The maximum absolute atomic E-state index is 5.38. The molecule has 1 aliphatic heterocycles. The molecule has 0 fully saturated rings. The van der Waals surface area contributed by atoms with Crippen LogP contribution in [0.1, 0.15) is 16.7 Å². The van der Waals surface area contributed by atoms with Crippen molar-refractivity contribution in [1.29, 1.82) is 0 Å². The van der Waals surface area contributed by atoms with Crippen LogP contribution in [-0.4, -0.2) is 6.61 Å². The second kappa shape index (κ2) is 2.67. The second-order valence-electron chi connectivity index (χ2n) is 3.02. The quantitative estimate of drug-likeness (QED) is 0.547. The standard InChI is InChI=1S/C10H12O/c1-8-3-2-4-9-5-6-11-7-10(8)9/h2-4H,5-7H2,1H3. The molecule has 0 saturated heterocycles. The lowest BCUT2D eigenvalue weighted by molar-refractivity contribution is 0.110. The molecule has 1 heterocycles. The normalized spacial score (nSPS) is 16.1. The van der Waals surface area contributed by atoms with Crippen LogP contribution in [0.2, 0.25) is 0 Å². The molecule has 1 aromatic carbocycles. The van der Waals surface area contributed by atoms with E-state index in [0.29, 0.717) is 0 Å². The lowest BCUT2D eigenvalue weighted by Gasteiger charge is -2.17. The Morgan fingerprint density at radius 2 is 2.27 bits per heavy atom. The molecule has 0 aliphatic carbocycles. The van der Waals surface area contributed by atoms with E-state index in [4.69, 9.17) is 4.74 Å². The summed E-state index contributed by atoms with van der Waals surface area (Å²) in [7, 11) is 0. The summed E-state index contributed by atoms with van der Waals surface area (Å²) in [6.45, 7) is 3.84. The van der Waals surface area contributed by atoms with Crippen molar-refractivity contribution >= 4 is 0 Å². The van der Waals surface area contributed by atoms with Crippen molar-refractivity contribution in [3.8, 4) is 0 Å². The average Bonchev–Trinajstić information content (AvgIpc) is 2.06. The summed E-state index contributed by atoms with van der Waals surface area (Å²) < 4.78 is 5.38. The summed E-state index contributed by atoms with van der Waals surface area (Å²) in [6.07, 6.45) is 1.08. The monoisotopic (exact) mass is 148 g/mol. The molecule has 0 aromatic heterocycles. The van der Waals surface area contributed by atoms with Crippen molar-refractivity contribution in [1.82, 2.24) is 0 Å². The Morgan fingerprint density at radius 3 is 3.09 bits per heavy atom. The fourth-order valence-electron chi connectivity index (χ4n) is 1.56. The zero-order valence-electron chi connectivity index (χ0n) is 6.76. The Labute approximate surface area is 67.0 Å². The molecule has 1 aliphatic rings. The highest BCUT2D eigenvalue weighted by molar-refractivity contribution is 5.34. The first kappa shape index (κ1) is 6.86. The molecule has 0 bridgehead atoms. The van der Waals surface area contributed by atoms with E-state index in [1.165, 1.54) is 16.7 Å². The van der Waals surface area contributed by atoms with Gasteiger partial charge in [0.2, 0.25) is 0 Å². The second-order valence-corrected chi connectivity index (χ2v) is 3.02. The van der Waals surface area contributed by atoms with E-state index in [2.05, 4.69) is 25.1 Å². The first-order valence-corrected chi connectivity index (χ1v) is 4.03. The summed E-state index contributed by atoms with van der Waals surface area (Å²) in [4.78, 5) is 0. The first-order chi connectivity index (χ1) is 5.38. The highest BCUT2D eigenvalue weighted by Crippen LogP contribution is 2.19. The summed E-state index contributed by atoms with van der Waals surface area (Å²) in [6, 6.07) is 6.47. The lowest BCUT2D eigenvalue weighted by atomic mass is 9.99. The molecule has 11 heavy (non-hydrogen) atoms. The zero-order chi connectivity index (χ0) is 7.68. The fourth-order valence-corrected chi connectivity index (χ4v) is 1.56. The van der Waals surface area contributed by atoms with Crippen molar-refractivity contribution in [3.05, 3.63) is 34.9 Å². The van der Waals surface area contributed by atoms with Crippen molar-refractivity contribution in [2.24, 2.45) is 0 Å². The van der Waals surface area contributed by atoms with Gasteiger partial charge in [-0.15, -0.1) is 0 Å². The van der Waals surface area contributed by atoms with Gasteiger partial charge in [0.25, 0.3) is 0 Å². The molecule has 2 rings (SSSR count). The molecule has 58 valence electrons. The predicted octanol–water partition coefficient (Wildman–Crippen LogP) is 2.07. The summed E-state index contributed by atoms with van der Waals surface area (Å²) in [5, 5.41) is 0. The van der Waals surface area contributed by atoms with Crippen LogP contribution in [0.25, 0.3) is 0 Å². The largest absolute Gasteiger partial charge is 0.376 e. The number of benzene rings is 1. The molecule has 0 amide bonds. The molecule has 0 saturated carbocycles. The van der Waals surface area contributed by atoms with Crippen molar-refractivity contribution < 1.29 is 4.74 Å². The van der Waals surface area contributed by atoms with Gasteiger partial charge in [-0.2, -0.15) is 0 Å². The van der Waals surface area contributed by atoms with Crippen LogP contribution >= 0.6 is 0 Å². The first-order valence-electron chi connectivity index (χ1n) is 4.03. The van der Waals surface area contributed by atoms with Gasteiger partial charge in [0, 0.05) is 0 Å². The zero-order valence-corrected chi connectivity index (χ0v) is 6.76. The SMILES string of the molecule is Cc1cccc2c1COCC2. The number of ether oxygens (including phenoxy) is 1. The van der Waals surface area contributed by atoms with Gasteiger partial charge in [-0.3, -0.25) is 0 Å². The van der Waals surface area contributed by atoms with Crippen LogP contribution in [0.4, 0.5) is 0 Å². The molecule has 0 spiro atoms. The maximum atomic E-state index is 5.38. The Morgan fingerprint density at radius 1 is 1.36 bits per heavy atom.